The molecule has 4 heteroatoms. The molecular formula is C16H22O4. The van der Waals surface area contributed by atoms with Gasteiger partial charge in [-0.25, -0.2) is 0 Å². The number of esters is 1. The molecule has 0 radical (unpaired) electrons. The van der Waals surface area contributed by atoms with Crippen LogP contribution in [0, 0.1) is 0 Å². The Bertz CT molecular complexity index is 472. The third-order valence-corrected chi connectivity index (χ3v) is 2.74. The smallest absolute Gasteiger partial charge is 0.306 e. The minimum atomic E-state index is -0.475. The van der Waals surface area contributed by atoms with E-state index >= 15 is 0 Å². The number of ether oxygens (including phenoxy) is 2. The lowest BCUT2D eigenvalue weighted by Crippen LogP contribution is -2.24. The number of carbonyl (C=O) groups is 2. The van der Waals surface area contributed by atoms with E-state index in [0.717, 1.165) is 23.2 Å². The van der Waals surface area contributed by atoms with Crippen molar-refractivity contribution in [1.29, 1.82) is 0 Å². The molecule has 0 fully saturated rings. The number of benzene rings is 1. The molecular weight excluding hydrogens is 256 g/mol. The second-order valence-corrected chi connectivity index (χ2v) is 5.59. The lowest BCUT2D eigenvalue weighted by Gasteiger charge is -2.19. The highest BCUT2D eigenvalue weighted by atomic mass is 16.6. The summed E-state index contributed by atoms with van der Waals surface area (Å²) < 4.78 is 10.4. The minimum absolute atomic E-state index is 0.239. The molecule has 0 unspecified atom stereocenters. The number of carbonyl (C=O) groups excluding carboxylic acids is 2. The van der Waals surface area contributed by atoms with Crippen molar-refractivity contribution in [3.8, 4) is 5.75 Å². The van der Waals surface area contributed by atoms with E-state index in [1.54, 1.807) is 7.11 Å². The molecule has 1 aromatic rings. The first-order chi connectivity index (χ1) is 9.35. The summed E-state index contributed by atoms with van der Waals surface area (Å²) in [4.78, 5) is 22.4. The average molecular weight is 278 g/mol. The summed E-state index contributed by atoms with van der Waals surface area (Å²) in [5, 5.41) is 0. The van der Waals surface area contributed by atoms with Gasteiger partial charge in [-0.15, -0.1) is 0 Å². The third kappa shape index (κ3) is 5.43. The number of rotatable bonds is 6. The highest BCUT2D eigenvalue weighted by molar-refractivity contribution is 5.70. The predicted octanol–water partition coefficient (Wildman–Crippen LogP) is 2.71. The zero-order valence-corrected chi connectivity index (χ0v) is 12.6. The first kappa shape index (κ1) is 16.2. The number of hydrogen-bond donors (Lipinski definition) is 0. The molecule has 0 aliphatic carbocycles. The van der Waals surface area contributed by atoms with E-state index in [1.165, 1.54) is 0 Å². The van der Waals surface area contributed by atoms with Crippen molar-refractivity contribution in [3.05, 3.63) is 29.3 Å². The van der Waals surface area contributed by atoms with Crippen molar-refractivity contribution in [2.24, 2.45) is 0 Å². The molecule has 1 rings (SSSR count). The zero-order chi connectivity index (χ0) is 15.2. The molecule has 0 aliphatic rings. The van der Waals surface area contributed by atoms with Gasteiger partial charge in [0.15, 0.2) is 0 Å². The fourth-order valence-corrected chi connectivity index (χ4v) is 1.88. The van der Waals surface area contributed by atoms with Gasteiger partial charge in [0.05, 0.1) is 7.11 Å². The number of aldehydes is 1. The van der Waals surface area contributed by atoms with Gasteiger partial charge in [0.1, 0.15) is 17.6 Å². The van der Waals surface area contributed by atoms with Crippen molar-refractivity contribution < 1.29 is 19.1 Å². The third-order valence-electron chi connectivity index (χ3n) is 2.74. The second-order valence-electron chi connectivity index (χ2n) is 5.59. The molecule has 4 nitrogen and oxygen atoms in total. The van der Waals surface area contributed by atoms with E-state index in [9.17, 15) is 9.59 Å². The van der Waals surface area contributed by atoms with Gasteiger partial charge in [-0.05, 0) is 50.5 Å². The Hall–Kier alpha value is -1.84. The second kappa shape index (κ2) is 7.08. The van der Waals surface area contributed by atoms with Crippen LogP contribution in [-0.2, 0) is 27.2 Å². The van der Waals surface area contributed by atoms with Gasteiger partial charge in [0, 0.05) is 12.8 Å². The summed E-state index contributed by atoms with van der Waals surface area (Å²) >= 11 is 0. The maximum Gasteiger partial charge on any atom is 0.306 e. The Balaban J connectivity index is 2.74. The van der Waals surface area contributed by atoms with Crippen LogP contribution in [0.4, 0.5) is 0 Å². The van der Waals surface area contributed by atoms with Gasteiger partial charge in [-0.1, -0.05) is 6.07 Å². The minimum Gasteiger partial charge on any atom is -0.497 e. The lowest BCUT2D eigenvalue weighted by molar-refractivity contribution is -0.154. The summed E-state index contributed by atoms with van der Waals surface area (Å²) in [6.45, 7) is 5.52. The Morgan fingerprint density at radius 3 is 2.50 bits per heavy atom. The molecule has 0 heterocycles. The molecule has 0 aliphatic heterocycles. The van der Waals surface area contributed by atoms with Crippen LogP contribution in [0.2, 0.25) is 0 Å². The zero-order valence-electron chi connectivity index (χ0n) is 12.6. The first-order valence-electron chi connectivity index (χ1n) is 6.67. The summed E-state index contributed by atoms with van der Waals surface area (Å²) in [7, 11) is 1.59. The molecule has 0 amide bonds. The molecule has 110 valence electrons. The van der Waals surface area contributed by atoms with Crippen LogP contribution in [0.15, 0.2) is 18.2 Å². The quantitative estimate of drug-likeness (QED) is 0.593. The average Bonchev–Trinajstić information content (AvgIpc) is 2.36. The maximum atomic E-state index is 11.7. The molecule has 0 aromatic heterocycles. The highest BCUT2D eigenvalue weighted by Gasteiger charge is 2.16. The Kier molecular flexibility index (Phi) is 5.74. The highest BCUT2D eigenvalue weighted by Crippen LogP contribution is 2.20. The summed E-state index contributed by atoms with van der Waals surface area (Å²) in [5.74, 6) is 0.483. The van der Waals surface area contributed by atoms with Crippen molar-refractivity contribution >= 4 is 12.3 Å². The van der Waals surface area contributed by atoms with Crippen LogP contribution >= 0.6 is 0 Å². The lowest BCUT2D eigenvalue weighted by atomic mass is 10.0. The van der Waals surface area contributed by atoms with Gasteiger partial charge in [0.2, 0.25) is 0 Å². The number of methoxy groups -OCH3 is 1. The van der Waals surface area contributed by atoms with Gasteiger partial charge in [0.25, 0.3) is 0 Å². The molecule has 0 N–H and O–H groups in total. The largest absolute Gasteiger partial charge is 0.497 e. The van der Waals surface area contributed by atoms with E-state index in [-0.39, 0.29) is 12.4 Å². The van der Waals surface area contributed by atoms with Gasteiger partial charge >= 0.3 is 5.97 Å². The topological polar surface area (TPSA) is 52.6 Å². The molecule has 1 aromatic carbocycles. The fraction of sp³-hybridized carbons (Fsp3) is 0.500. The van der Waals surface area contributed by atoms with Crippen molar-refractivity contribution in [2.75, 3.05) is 7.11 Å². The van der Waals surface area contributed by atoms with Gasteiger partial charge < -0.3 is 14.3 Å². The van der Waals surface area contributed by atoms with E-state index in [2.05, 4.69) is 0 Å². The predicted molar refractivity (Wildman–Crippen MR) is 76.9 cm³/mol. The SMILES string of the molecule is COc1ccc(CC=O)c(CCC(=O)OC(C)(C)C)c1. The van der Waals surface area contributed by atoms with E-state index in [0.29, 0.717) is 12.8 Å². The van der Waals surface area contributed by atoms with Crippen LogP contribution in [0.3, 0.4) is 0 Å². The Labute approximate surface area is 120 Å². The Morgan fingerprint density at radius 2 is 1.95 bits per heavy atom. The molecule has 20 heavy (non-hydrogen) atoms. The van der Waals surface area contributed by atoms with E-state index in [4.69, 9.17) is 9.47 Å². The monoisotopic (exact) mass is 278 g/mol. The summed E-state index contributed by atoms with van der Waals surface area (Å²) in [5.41, 5.74) is 1.39. The molecule has 0 bridgehead atoms. The van der Waals surface area contributed by atoms with E-state index in [1.807, 2.05) is 39.0 Å². The van der Waals surface area contributed by atoms with Crippen LogP contribution in [0.5, 0.6) is 5.75 Å². The van der Waals surface area contributed by atoms with Crippen molar-refractivity contribution in [1.82, 2.24) is 0 Å². The number of aryl methyl sites for hydroxylation is 1. The van der Waals surface area contributed by atoms with Crippen LogP contribution < -0.4 is 4.74 Å². The maximum absolute atomic E-state index is 11.7. The van der Waals surface area contributed by atoms with Crippen LogP contribution in [0.1, 0.15) is 38.3 Å². The fourth-order valence-electron chi connectivity index (χ4n) is 1.88. The van der Waals surface area contributed by atoms with Crippen LogP contribution in [-0.4, -0.2) is 25.0 Å². The standard InChI is InChI=1S/C16H22O4/c1-16(2,3)20-15(18)8-6-13-11-14(19-4)7-5-12(13)9-10-17/h5,7,10-11H,6,8-9H2,1-4H3. The van der Waals surface area contributed by atoms with Crippen LogP contribution in [0.25, 0.3) is 0 Å². The summed E-state index contributed by atoms with van der Waals surface area (Å²) in [6, 6.07) is 5.54. The van der Waals surface area contributed by atoms with Gasteiger partial charge in [-0.2, -0.15) is 0 Å². The first-order valence-corrected chi connectivity index (χ1v) is 6.67. The molecule has 0 saturated heterocycles. The Morgan fingerprint density at radius 1 is 1.25 bits per heavy atom. The van der Waals surface area contributed by atoms with Crippen molar-refractivity contribution in [2.45, 2.75) is 45.6 Å². The van der Waals surface area contributed by atoms with Gasteiger partial charge in [-0.3, -0.25) is 4.79 Å². The summed E-state index contributed by atoms with van der Waals surface area (Å²) in [6.07, 6.45) is 2.03. The van der Waals surface area contributed by atoms with Crippen molar-refractivity contribution in [3.63, 3.8) is 0 Å². The normalized spacial score (nSPS) is 11.0. The molecule has 0 atom stereocenters. The molecule has 0 saturated carbocycles. The molecule has 0 spiro atoms. The van der Waals surface area contributed by atoms with E-state index < -0.39 is 5.60 Å². The number of hydrogen-bond acceptors (Lipinski definition) is 4.